The van der Waals surface area contributed by atoms with Crippen molar-refractivity contribution in [1.82, 2.24) is 4.90 Å². The number of piperidine rings is 1. The maximum Gasteiger partial charge on any atom is 0.123 e. The fourth-order valence-corrected chi connectivity index (χ4v) is 2.93. The number of carbonyl (C=O) groups excluding carboxylic acids is 1. The average molecular weight is 255 g/mol. The first kappa shape index (κ1) is 12.6. The molecule has 1 saturated heterocycles. The lowest BCUT2D eigenvalue weighted by atomic mass is 9.98. The number of likely N-dealkylation sites (tertiary alicyclic amines) is 1. The third kappa shape index (κ3) is 2.95. The van der Waals surface area contributed by atoms with Crippen molar-refractivity contribution < 1.29 is 4.79 Å². The summed E-state index contributed by atoms with van der Waals surface area (Å²) >= 11 is 0. The standard InChI is InChI=1S/C17H21NO/c1-13-2-4-14(5-3-13)10-16-11-17(16)18-8-6-15(12-19)7-9-18/h2-5,10,12,15,17H,6-9,11H2,1H3. The largest absolute Gasteiger partial charge is 0.303 e. The quantitative estimate of drug-likeness (QED) is 0.774. The van der Waals surface area contributed by atoms with Gasteiger partial charge in [0.05, 0.1) is 0 Å². The minimum absolute atomic E-state index is 0.305. The fraction of sp³-hybridized carbons (Fsp3) is 0.471. The van der Waals surface area contributed by atoms with E-state index in [4.69, 9.17) is 0 Å². The molecule has 2 aliphatic rings. The molecule has 0 aromatic heterocycles. The molecule has 1 aromatic rings. The molecule has 2 nitrogen and oxygen atoms in total. The molecule has 1 aliphatic carbocycles. The van der Waals surface area contributed by atoms with E-state index >= 15 is 0 Å². The first-order chi connectivity index (χ1) is 9.26. The van der Waals surface area contributed by atoms with Crippen molar-refractivity contribution in [2.24, 2.45) is 5.92 Å². The van der Waals surface area contributed by atoms with E-state index in [1.165, 1.54) is 17.5 Å². The van der Waals surface area contributed by atoms with E-state index < -0.39 is 0 Å². The summed E-state index contributed by atoms with van der Waals surface area (Å²) in [6, 6.07) is 9.36. The van der Waals surface area contributed by atoms with Crippen LogP contribution >= 0.6 is 0 Å². The van der Waals surface area contributed by atoms with Gasteiger partial charge in [-0.1, -0.05) is 41.5 Å². The molecule has 0 amide bonds. The second-order valence-electron chi connectivity index (χ2n) is 5.86. The lowest BCUT2D eigenvalue weighted by molar-refractivity contribution is -0.112. The van der Waals surface area contributed by atoms with Gasteiger partial charge in [0, 0.05) is 12.0 Å². The third-order valence-electron chi connectivity index (χ3n) is 4.33. The molecule has 0 spiro atoms. The number of hydrogen-bond acceptors (Lipinski definition) is 2. The molecule has 1 aliphatic heterocycles. The summed E-state index contributed by atoms with van der Waals surface area (Å²) in [6.45, 7) is 4.28. The summed E-state index contributed by atoms with van der Waals surface area (Å²) in [4.78, 5) is 13.3. The monoisotopic (exact) mass is 255 g/mol. The number of aryl methyl sites for hydroxylation is 1. The number of aldehydes is 1. The maximum atomic E-state index is 10.8. The Bertz CT molecular complexity index is 480. The van der Waals surface area contributed by atoms with Gasteiger partial charge in [0.25, 0.3) is 0 Å². The molecule has 0 N–H and O–H groups in total. The van der Waals surface area contributed by atoms with Gasteiger partial charge in [0.15, 0.2) is 0 Å². The summed E-state index contributed by atoms with van der Waals surface area (Å²) in [6.07, 6.45) is 6.75. The van der Waals surface area contributed by atoms with Crippen LogP contribution in [0.25, 0.3) is 6.08 Å². The predicted molar refractivity (Wildman–Crippen MR) is 77.9 cm³/mol. The Labute approximate surface area is 115 Å². The van der Waals surface area contributed by atoms with Crippen molar-refractivity contribution in [2.45, 2.75) is 32.2 Å². The molecule has 1 atom stereocenters. The van der Waals surface area contributed by atoms with Crippen molar-refractivity contribution in [1.29, 1.82) is 0 Å². The second kappa shape index (κ2) is 5.30. The molecule has 0 radical (unpaired) electrons. The Hall–Kier alpha value is -1.41. The van der Waals surface area contributed by atoms with E-state index in [9.17, 15) is 4.79 Å². The lowest BCUT2D eigenvalue weighted by Crippen LogP contribution is -2.35. The van der Waals surface area contributed by atoms with Crippen LogP contribution in [-0.2, 0) is 4.79 Å². The Kier molecular flexibility index (Phi) is 3.52. The van der Waals surface area contributed by atoms with E-state index in [0.29, 0.717) is 12.0 Å². The lowest BCUT2D eigenvalue weighted by Gasteiger charge is -2.29. The molecule has 19 heavy (non-hydrogen) atoms. The Morgan fingerprint density at radius 2 is 1.84 bits per heavy atom. The average Bonchev–Trinajstić information content (AvgIpc) is 3.21. The summed E-state index contributed by atoms with van der Waals surface area (Å²) in [5.74, 6) is 0.305. The summed E-state index contributed by atoms with van der Waals surface area (Å²) in [7, 11) is 0. The Morgan fingerprint density at radius 1 is 1.16 bits per heavy atom. The highest BCUT2D eigenvalue weighted by Crippen LogP contribution is 2.38. The highest BCUT2D eigenvalue weighted by molar-refractivity contribution is 5.59. The molecule has 3 rings (SSSR count). The number of benzene rings is 1. The van der Waals surface area contributed by atoms with E-state index in [-0.39, 0.29) is 0 Å². The number of hydrogen-bond donors (Lipinski definition) is 0. The molecule has 1 unspecified atom stereocenters. The zero-order valence-electron chi connectivity index (χ0n) is 11.5. The van der Waals surface area contributed by atoms with Crippen LogP contribution in [0.2, 0.25) is 0 Å². The van der Waals surface area contributed by atoms with Gasteiger partial charge in [0.2, 0.25) is 0 Å². The molecule has 2 heteroatoms. The van der Waals surface area contributed by atoms with Crippen LogP contribution in [0.3, 0.4) is 0 Å². The molecule has 100 valence electrons. The molecule has 1 saturated carbocycles. The van der Waals surface area contributed by atoms with Crippen LogP contribution < -0.4 is 0 Å². The van der Waals surface area contributed by atoms with Gasteiger partial charge in [-0.05, 0) is 44.8 Å². The Balaban J connectivity index is 1.59. The van der Waals surface area contributed by atoms with Crippen LogP contribution in [-0.4, -0.2) is 30.3 Å². The number of carbonyl (C=O) groups is 1. The first-order valence-electron chi connectivity index (χ1n) is 7.23. The Morgan fingerprint density at radius 3 is 2.47 bits per heavy atom. The van der Waals surface area contributed by atoms with E-state index in [1.807, 2.05) is 0 Å². The van der Waals surface area contributed by atoms with Crippen molar-refractivity contribution in [3.05, 3.63) is 41.0 Å². The van der Waals surface area contributed by atoms with E-state index in [1.54, 1.807) is 5.57 Å². The second-order valence-corrected chi connectivity index (χ2v) is 5.86. The van der Waals surface area contributed by atoms with Crippen LogP contribution in [0, 0.1) is 12.8 Å². The molecule has 1 aromatic carbocycles. The molecule has 1 heterocycles. The highest BCUT2D eigenvalue weighted by Gasteiger charge is 2.36. The first-order valence-corrected chi connectivity index (χ1v) is 7.23. The summed E-state index contributed by atoms with van der Waals surface area (Å²) in [5.41, 5.74) is 4.17. The summed E-state index contributed by atoms with van der Waals surface area (Å²) in [5, 5.41) is 0. The van der Waals surface area contributed by atoms with Crippen LogP contribution in [0.5, 0.6) is 0 Å². The zero-order chi connectivity index (χ0) is 13.2. The highest BCUT2D eigenvalue weighted by atomic mass is 16.1. The minimum Gasteiger partial charge on any atom is -0.303 e. The van der Waals surface area contributed by atoms with Crippen molar-refractivity contribution in [2.75, 3.05) is 13.1 Å². The normalized spacial score (nSPS) is 26.6. The van der Waals surface area contributed by atoms with Gasteiger partial charge in [-0.25, -0.2) is 0 Å². The predicted octanol–water partition coefficient (Wildman–Crippen LogP) is 3.06. The molecular formula is C17H21NO. The smallest absolute Gasteiger partial charge is 0.123 e. The SMILES string of the molecule is Cc1ccc(C=C2CC2N2CCC(C=O)CC2)cc1. The number of nitrogens with zero attached hydrogens (tertiary/aromatic N) is 1. The zero-order valence-corrected chi connectivity index (χ0v) is 11.5. The van der Waals surface area contributed by atoms with Gasteiger partial charge >= 0.3 is 0 Å². The van der Waals surface area contributed by atoms with Crippen LogP contribution in [0.4, 0.5) is 0 Å². The van der Waals surface area contributed by atoms with E-state index in [0.717, 1.165) is 32.2 Å². The maximum absolute atomic E-state index is 10.8. The van der Waals surface area contributed by atoms with Gasteiger partial charge in [0.1, 0.15) is 6.29 Å². The van der Waals surface area contributed by atoms with Crippen LogP contribution in [0.1, 0.15) is 30.4 Å². The fourth-order valence-electron chi connectivity index (χ4n) is 2.93. The molecule has 2 fully saturated rings. The van der Waals surface area contributed by atoms with Gasteiger partial charge in [-0.15, -0.1) is 0 Å². The topological polar surface area (TPSA) is 20.3 Å². The third-order valence-corrected chi connectivity index (χ3v) is 4.33. The van der Waals surface area contributed by atoms with Crippen molar-refractivity contribution >= 4 is 12.4 Å². The molecular weight excluding hydrogens is 234 g/mol. The van der Waals surface area contributed by atoms with Gasteiger partial charge in [-0.2, -0.15) is 0 Å². The number of rotatable bonds is 3. The van der Waals surface area contributed by atoms with Gasteiger partial charge < -0.3 is 4.79 Å². The minimum atomic E-state index is 0.305. The van der Waals surface area contributed by atoms with Crippen molar-refractivity contribution in [3.8, 4) is 0 Å². The van der Waals surface area contributed by atoms with E-state index in [2.05, 4.69) is 42.2 Å². The molecule has 0 bridgehead atoms. The van der Waals surface area contributed by atoms with Crippen molar-refractivity contribution in [3.63, 3.8) is 0 Å². The van der Waals surface area contributed by atoms with Crippen LogP contribution in [0.15, 0.2) is 29.8 Å². The summed E-state index contributed by atoms with van der Waals surface area (Å²) < 4.78 is 0. The van der Waals surface area contributed by atoms with Gasteiger partial charge in [-0.3, -0.25) is 4.90 Å².